The zero-order valence-electron chi connectivity index (χ0n) is 19.0. The fourth-order valence-corrected chi connectivity index (χ4v) is 3.73. The summed E-state index contributed by atoms with van der Waals surface area (Å²) in [5.74, 6) is 1.74. The summed E-state index contributed by atoms with van der Waals surface area (Å²) in [5, 5.41) is 0. The van der Waals surface area contributed by atoms with Crippen LogP contribution in [0.25, 0.3) is 22.9 Å². The molecule has 0 amide bonds. The smallest absolute Gasteiger partial charge is 0.337 e. The Morgan fingerprint density at radius 2 is 1.54 bits per heavy atom. The van der Waals surface area contributed by atoms with Crippen LogP contribution in [-0.4, -0.2) is 32.6 Å². The zero-order chi connectivity index (χ0) is 24.0. The van der Waals surface area contributed by atoms with Crippen LogP contribution in [0.2, 0.25) is 0 Å². The van der Waals surface area contributed by atoms with Gasteiger partial charge in [0.05, 0.1) is 30.3 Å². The van der Waals surface area contributed by atoms with Gasteiger partial charge in [0.1, 0.15) is 17.2 Å². The molecule has 2 aromatic carbocycles. The summed E-state index contributed by atoms with van der Waals surface area (Å²) >= 11 is 0. The zero-order valence-corrected chi connectivity index (χ0v) is 19.0. The monoisotopic (exact) mass is 462 g/mol. The van der Waals surface area contributed by atoms with Crippen LogP contribution in [0.1, 0.15) is 15.9 Å². The van der Waals surface area contributed by atoms with Gasteiger partial charge in [-0.15, -0.1) is 0 Å². The van der Waals surface area contributed by atoms with Crippen LogP contribution in [0.3, 0.4) is 0 Å². The standard InChI is InChI=1S/C28H22N4O3/c1-34-28(33)21-14-16-30-25(17-21)27-31-18-26(24-9-5-6-15-29-24)32(27)19-20-10-12-23(13-11-20)35-22-7-3-2-4-8-22/h2-18H,19H2,1H3. The molecule has 7 heteroatoms. The number of methoxy groups -OCH3 is 1. The number of nitrogens with zero attached hydrogens (tertiary/aromatic N) is 4. The molecule has 0 bridgehead atoms. The Hall–Kier alpha value is -4.78. The van der Waals surface area contributed by atoms with E-state index in [0.717, 1.165) is 28.5 Å². The molecule has 0 radical (unpaired) electrons. The van der Waals surface area contributed by atoms with Crippen molar-refractivity contribution in [1.29, 1.82) is 0 Å². The third kappa shape index (κ3) is 4.94. The van der Waals surface area contributed by atoms with E-state index in [-0.39, 0.29) is 0 Å². The Labute approximate surface area is 202 Å². The normalized spacial score (nSPS) is 10.7. The largest absolute Gasteiger partial charge is 0.465 e. The number of esters is 1. The number of hydrogen-bond acceptors (Lipinski definition) is 6. The van der Waals surface area contributed by atoms with Gasteiger partial charge in [-0.1, -0.05) is 36.4 Å². The summed E-state index contributed by atoms with van der Waals surface area (Å²) in [6.45, 7) is 0.525. The van der Waals surface area contributed by atoms with E-state index in [2.05, 4.69) is 15.0 Å². The Balaban J connectivity index is 1.50. The highest BCUT2D eigenvalue weighted by Crippen LogP contribution is 2.27. The fourth-order valence-electron chi connectivity index (χ4n) is 3.73. The number of imidazole rings is 1. The average Bonchev–Trinajstić information content (AvgIpc) is 3.34. The van der Waals surface area contributed by atoms with Crippen molar-refractivity contribution in [3.8, 4) is 34.4 Å². The van der Waals surface area contributed by atoms with Crippen LogP contribution >= 0.6 is 0 Å². The first-order valence-electron chi connectivity index (χ1n) is 11.0. The van der Waals surface area contributed by atoms with Crippen LogP contribution in [0, 0.1) is 0 Å². The summed E-state index contributed by atoms with van der Waals surface area (Å²) in [6.07, 6.45) is 5.10. The van der Waals surface area contributed by atoms with E-state index in [1.807, 2.05) is 77.4 Å². The van der Waals surface area contributed by atoms with E-state index in [1.165, 1.54) is 7.11 Å². The third-order valence-electron chi connectivity index (χ3n) is 5.44. The van der Waals surface area contributed by atoms with Crippen molar-refractivity contribution in [2.24, 2.45) is 0 Å². The second kappa shape index (κ2) is 10.0. The Morgan fingerprint density at radius 1 is 0.800 bits per heavy atom. The summed E-state index contributed by atoms with van der Waals surface area (Å²) < 4.78 is 12.8. The molecule has 0 unspecified atom stereocenters. The van der Waals surface area contributed by atoms with Gasteiger partial charge in [0.25, 0.3) is 0 Å². The van der Waals surface area contributed by atoms with E-state index >= 15 is 0 Å². The fraction of sp³-hybridized carbons (Fsp3) is 0.0714. The molecule has 172 valence electrons. The Morgan fingerprint density at radius 3 is 2.29 bits per heavy atom. The maximum absolute atomic E-state index is 12.1. The minimum atomic E-state index is -0.425. The number of hydrogen-bond donors (Lipinski definition) is 0. The predicted molar refractivity (Wildman–Crippen MR) is 132 cm³/mol. The van der Waals surface area contributed by atoms with Gasteiger partial charge in [-0.05, 0) is 54.1 Å². The van der Waals surface area contributed by atoms with E-state index in [4.69, 9.17) is 9.47 Å². The van der Waals surface area contributed by atoms with E-state index in [1.54, 1.807) is 30.7 Å². The highest BCUT2D eigenvalue weighted by molar-refractivity contribution is 5.90. The quantitative estimate of drug-likeness (QED) is 0.292. The lowest BCUT2D eigenvalue weighted by atomic mass is 10.2. The van der Waals surface area contributed by atoms with Gasteiger partial charge in [0.15, 0.2) is 5.82 Å². The molecule has 0 spiro atoms. The van der Waals surface area contributed by atoms with Crippen molar-refractivity contribution in [3.63, 3.8) is 0 Å². The van der Waals surface area contributed by atoms with E-state index in [9.17, 15) is 4.79 Å². The van der Waals surface area contributed by atoms with E-state index in [0.29, 0.717) is 23.6 Å². The molecule has 7 nitrogen and oxygen atoms in total. The molecular weight excluding hydrogens is 440 g/mol. The van der Waals surface area contributed by atoms with Gasteiger partial charge >= 0.3 is 5.97 Å². The molecule has 0 aliphatic heterocycles. The van der Waals surface area contributed by atoms with Crippen molar-refractivity contribution in [2.75, 3.05) is 7.11 Å². The van der Waals surface area contributed by atoms with Crippen LogP contribution in [0.15, 0.2) is 104 Å². The Bertz CT molecular complexity index is 1430. The lowest BCUT2D eigenvalue weighted by Crippen LogP contribution is -2.07. The third-order valence-corrected chi connectivity index (χ3v) is 5.44. The average molecular weight is 463 g/mol. The lowest BCUT2D eigenvalue weighted by Gasteiger charge is -2.13. The number of ether oxygens (including phenoxy) is 2. The molecule has 0 aliphatic carbocycles. The van der Waals surface area contributed by atoms with Crippen LogP contribution < -0.4 is 4.74 Å². The SMILES string of the molecule is COC(=O)c1ccnc(-c2ncc(-c3ccccn3)n2Cc2ccc(Oc3ccccc3)cc2)c1. The molecule has 0 N–H and O–H groups in total. The second-order valence-electron chi connectivity index (χ2n) is 7.75. The van der Waals surface area contributed by atoms with Gasteiger partial charge in [-0.25, -0.2) is 9.78 Å². The highest BCUT2D eigenvalue weighted by atomic mass is 16.5. The molecule has 0 fully saturated rings. The van der Waals surface area contributed by atoms with Crippen molar-refractivity contribution in [2.45, 2.75) is 6.54 Å². The van der Waals surface area contributed by atoms with Crippen molar-refractivity contribution < 1.29 is 14.3 Å². The molecule has 0 saturated heterocycles. The summed E-state index contributed by atoms with van der Waals surface area (Å²) in [6, 6.07) is 26.6. The van der Waals surface area contributed by atoms with E-state index < -0.39 is 5.97 Å². The molecule has 0 atom stereocenters. The number of carbonyl (C=O) groups excluding carboxylic acids is 1. The van der Waals surface area contributed by atoms with Crippen LogP contribution in [0.5, 0.6) is 11.5 Å². The Kier molecular flexibility index (Phi) is 6.30. The molecule has 5 rings (SSSR count). The van der Waals surface area contributed by atoms with Crippen LogP contribution in [-0.2, 0) is 11.3 Å². The summed E-state index contributed by atoms with van der Waals surface area (Å²) in [5.41, 5.74) is 3.66. The first kappa shape index (κ1) is 22.0. The number of carbonyl (C=O) groups is 1. The number of rotatable bonds is 7. The minimum Gasteiger partial charge on any atom is -0.465 e. The predicted octanol–water partition coefficient (Wildman–Crippen LogP) is 5.63. The molecule has 5 aromatic rings. The molecular formula is C28H22N4O3. The lowest BCUT2D eigenvalue weighted by molar-refractivity contribution is 0.0600. The van der Waals surface area contributed by atoms with Gasteiger partial charge in [0, 0.05) is 18.9 Å². The van der Waals surface area contributed by atoms with Crippen LogP contribution in [0.4, 0.5) is 0 Å². The van der Waals surface area contributed by atoms with Gasteiger partial charge in [0.2, 0.25) is 0 Å². The molecule has 3 heterocycles. The maximum atomic E-state index is 12.1. The van der Waals surface area contributed by atoms with Crippen molar-refractivity contribution >= 4 is 5.97 Å². The van der Waals surface area contributed by atoms with Crippen molar-refractivity contribution in [1.82, 2.24) is 19.5 Å². The highest BCUT2D eigenvalue weighted by Gasteiger charge is 2.17. The van der Waals surface area contributed by atoms with Gasteiger partial charge in [-0.3, -0.25) is 9.97 Å². The number of para-hydroxylation sites is 1. The van der Waals surface area contributed by atoms with Gasteiger partial charge < -0.3 is 14.0 Å². The summed E-state index contributed by atoms with van der Waals surface area (Å²) in [7, 11) is 1.35. The number of benzene rings is 2. The first-order chi connectivity index (χ1) is 17.2. The molecule has 0 aliphatic rings. The maximum Gasteiger partial charge on any atom is 0.337 e. The first-order valence-corrected chi connectivity index (χ1v) is 11.0. The molecule has 35 heavy (non-hydrogen) atoms. The van der Waals surface area contributed by atoms with Crippen molar-refractivity contribution in [3.05, 3.63) is 115 Å². The minimum absolute atomic E-state index is 0.411. The number of aromatic nitrogens is 4. The molecule has 0 saturated carbocycles. The second-order valence-corrected chi connectivity index (χ2v) is 7.75. The number of pyridine rings is 2. The molecule has 3 aromatic heterocycles. The van der Waals surface area contributed by atoms with Gasteiger partial charge in [-0.2, -0.15) is 0 Å². The topological polar surface area (TPSA) is 79.1 Å². The summed E-state index contributed by atoms with van der Waals surface area (Å²) in [4.78, 5) is 25.7.